The van der Waals surface area contributed by atoms with Gasteiger partial charge in [-0.05, 0) is 63.3 Å². The monoisotopic (exact) mass is 509 g/mol. The van der Waals surface area contributed by atoms with Gasteiger partial charge in [0, 0.05) is 17.0 Å². The molecule has 2 aliphatic heterocycles. The van der Waals surface area contributed by atoms with Crippen LogP contribution in [0.1, 0.15) is 54.1 Å². The van der Waals surface area contributed by atoms with Gasteiger partial charge in [0.1, 0.15) is 0 Å². The molecule has 3 aromatic rings. The summed E-state index contributed by atoms with van der Waals surface area (Å²) < 4.78 is 38.6. The maximum Gasteiger partial charge on any atom is 0.494 e. The number of hydrogen-bond acceptors (Lipinski definition) is 6. The normalized spacial score (nSPS) is 19.2. The molecule has 1 N–H and O–H groups in total. The van der Waals surface area contributed by atoms with E-state index in [0.717, 1.165) is 16.0 Å². The summed E-state index contributed by atoms with van der Waals surface area (Å²) in [5.74, 6) is -0.345. The van der Waals surface area contributed by atoms with E-state index in [4.69, 9.17) is 9.31 Å². The van der Waals surface area contributed by atoms with E-state index in [1.807, 2.05) is 65.0 Å². The summed E-state index contributed by atoms with van der Waals surface area (Å²) in [5, 5.41) is 2.94. The number of sulfone groups is 1. The predicted octanol–water partition coefficient (Wildman–Crippen LogP) is 4.24. The quantitative estimate of drug-likeness (QED) is 0.533. The van der Waals surface area contributed by atoms with Crippen molar-refractivity contribution in [1.29, 1.82) is 0 Å². The largest absolute Gasteiger partial charge is 0.494 e. The van der Waals surface area contributed by atoms with E-state index in [0.29, 0.717) is 28.0 Å². The lowest BCUT2D eigenvalue weighted by molar-refractivity contribution is 0.00578. The van der Waals surface area contributed by atoms with E-state index in [1.165, 1.54) is 11.3 Å². The average Bonchev–Trinajstić information content (AvgIpc) is 3.29. The molecule has 0 radical (unpaired) electrons. The van der Waals surface area contributed by atoms with Gasteiger partial charge in [-0.1, -0.05) is 42.0 Å². The Balaban J connectivity index is 1.42. The van der Waals surface area contributed by atoms with Gasteiger partial charge in [0.2, 0.25) is 0 Å². The fraction of sp³-hybridized carbons (Fsp3) is 0.346. The molecule has 5 rings (SSSR count). The van der Waals surface area contributed by atoms with E-state index in [1.54, 1.807) is 18.2 Å². The maximum atomic E-state index is 13.2. The van der Waals surface area contributed by atoms with E-state index in [-0.39, 0.29) is 16.6 Å². The summed E-state index contributed by atoms with van der Waals surface area (Å²) in [6.45, 7) is 10.3. The first kappa shape index (κ1) is 24.2. The van der Waals surface area contributed by atoms with Crippen LogP contribution < -0.4 is 10.8 Å². The lowest BCUT2D eigenvalue weighted by Crippen LogP contribution is -2.41. The second-order valence-corrected chi connectivity index (χ2v) is 13.2. The Morgan fingerprint density at radius 2 is 1.69 bits per heavy atom. The zero-order valence-electron chi connectivity index (χ0n) is 20.5. The molecule has 0 atom stereocenters. The number of nitrogens with one attached hydrogen (secondary N) is 1. The fourth-order valence-corrected chi connectivity index (χ4v) is 7.15. The van der Waals surface area contributed by atoms with Gasteiger partial charge in [-0.2, -0.15) is 0 Å². The van der Waals surface area contributed by atoms with Gasteiger partial charge < -0.3 is 14.6 Å². The number of hydrogen-bond donors (Lipinski definition) is 1. The standard InChI is InChI=1S/C26H28BNO5S2/c1-16-6-8-17(9-7-16)14-28-24(29)21-12-18-15-35(30,31)22-13-19(10-11-20(22)23(18)34-21)27-32-25(2,3)26(4,5)33-27/h6-13H,14-15H2,1-5H3,(H,28,29). The molecular weight excluding hydrogens is 481 g/mol. The first-order chi connectivity index (χ1) is 16.4. The molecule has 6 nitrogen and oxygen atoms in total. The second kappa shape index (κ2) is 8.30. The lowest BCUT2D eigenvalue weighted by Gasteiger charge is -2.32. The summed E-state index contributed by atoms with van der Waals surface area (Å²) >= 11 is 1.32. The highest BCUT2D eigenvalue weighted by atomic mass is 32.2. The molecule has 1 saturated heterocycles. The minimum atomic E-state index is -3.57. The van der Waals surface area contributed by atoms with Crippen LogP contribution in [-0.2, 0) is 31.4 Å². The third-order valence-corrected chi connectivity index (χ3v) is 9.97. The predicted molar refractivity (Wildman–Crippen MR) is 139 cm³/mol. The van der Waals surface area contributed by atoms with Crippen molar-refractivity contribution >= 4 is 39.7 Å². The number of thiophene rings is 1. The Morgan fingerprint density at radius 3 is 2.34 bits per heavy atom. The first-order valence-corrected chi connectivity index (χ1v) is 14.0. The Hall–Kier alpha value is -2.46. The zero-order valence-corrected chi connectivity index (χ0v) is 22.1. The van der Waals surface area contributed by atoms with E-state index >= 15 is 0 Å². The fourth-order valence-electron chi connectivity index (χ4n) is 4.24. The minimum Gasteiger partial charge on any atom is -0.399 e. The van der Waals surface area contributed by atoms with Crippen LogP contribution in [0.5, 0.6) is 0 Å². The highest BCUT2D eigenvalue weighted by Gasteiger charge is 2.52. The molecule has 9 heteroatoms. The molecule has 3 heterocycles. The van der Waals surface area contributed by atoms with Gasteiger partial charge >= 0.3 is 7.12 Å². The number of aryl methyl sites for hydroxylation is 1. The Kier molecular flexibility index (Phi) is 5.75. The molecule has 0 unspecified atom stereocenters. The van der Waals surface area contributed by atoms with E-state index in [9.17, 15) is 13.2 Å². The zero-order chi connectivity index (χ0) is 25.2. The summed E-state index contributed by atoms with van der Waals surface area (Å²) in [5.41, 5.74) is 3.08. The second-order valence-electron chi connectivity index (χ2n) is 10.2. The first-order valence-electron chi connectivity index (χ1n) is 11.6. The maximum absolute atomic E-state index is 13.2. The molecule has 1 aromatic heterocycles. The van der Waals surface area contributed by atoms with Crippen LogP contribution in [0.4, 0.5) is 0 Å². The Labute approximate surface area is 210 Å². The van der Waals surface area contributed by atoms with Gasteiger partial charge in [0.05, 0.1) is 26.7 Å². The third-order valence-electron chi connectivity index (χ3n) is 7.06. The number of fused-ring (bicyclic) bond motifs is 3. The number of rotatable bonds is 4. The molecule has 35 heavy (non-hydrogen) atoms. The van der Waals surface area contributed by atoms with Gasteiger partial charge in [-0.15, -0.1) is 11.3 Å². The molecule has 0 spiro atoms. The van der Waals surface area contributed by atoms with E-state index < -0.39 is 28.2 Å². The Morgan fingerprint density at radius 1 is 1.03 bits per heavy atom. The van der Waals surface area contributed by atoms with Crippen molar-refractivity contribution in [3.05, 3.63) is 70.1 Å². The van der Waals surface area contributed by atoms with Crippen molar-refractivity contribution in [3.8, 4) is 10.4 Å². The molecule has 2 aliphatic rings. The SMILES string of the molecule is Cc1ccc(CNC(=O)c2cc3c(s2)-c2ccc(B4OC(C)(C)C(C)(C)O4)cc2S(=O)(=O)C3)cc1. The van der Waals surface area contributed by atoms with Crippen LogP contribution in [0.2, 0.25) is 0 Å². The van der Waals surface area contributed by atoms with Crippen LogP contribution >= 0.6 is 11.3 Å². The van der Waals surface area contributed by atoms with Crippen LogP contribution in [-0.4, -0.2) is 32.6 Å². The van der Waals surface area contributed by atoms with Crippen molar-refractivity contribution in [3.63, 3.8) is 0 Å². The molecule has 0 aliphatic carbocycles. The van der Waals surface area contributed by atoms with Gasteiger partial charge in [0.25, 0.3) is 5.91 Å². The van der Waals surface area contributed by atoms with E-state index in [2.05, 4.69) is 5.32 Å². The number of carbonyl (C=O) groups is 1. The smallest absolute Gasteiger partial charge is 0.399 e. The van der Waals surface area contributed by atoms with Gasteiger partial charge in [-0.25, -0.2) is 8.42 Å². The summed E-state index contributed by atoms with van der Waals surface area (Å²) in [6, 6.07) is 15.0. The van der Waals surface area contributed by atoms with Gasteiger partial charge in [-0.3, -0.25) is 4.79 Å². The average molecular weight is 509 g/mol. The highest BCUT2D eigenvalue weighted by Crippen LogP contribution is 2.43. The van der Waals surface area contributed by atoms with Crippen molar-refractivity contribution in [1.82, 2.24) is 5.32 Å². The molecular formula is C26H28BNO5S2. The van der Waals surface area contributed by atoms with Crippen LogP contribution in [0, 0.1) is 6.92 Å². The number of benzene rings is 2. The van der Waals surface area contributed by atoms with Crippen molar-refractivity contribution < 1.29 is 22.5 Å². The third kappa shape index (κ3) is 4.35. The molecule has 1 fully saturated rings. The topological polar surface area (TPSA) is 81.7 Å². The van der Waals surface area contributed by atoms with Crippen molar-refractivity contribution in [2.24, 2.45) is 0 Å². The summed E-state index contributed by atoms with van der Waals surface area (Å²) in [6.07, 6.45) is 0. The molecule has 1 amide bonds. The molecule has 0 bridgehead atoms. The molecule has 2 aromatic carbocycles. The number of amides is 1. The van der Waals surface area contributed by atoms with Crippen LogP contribution in [0.25, 0.3) is 10.4 Å². The van der Waals surface area contributed by atoms with Gasteiger partial charge in [0.15, 0.2) is 9.84 Å². The minimum absolute atomic E-state index is 0.135. The number of carbonyl (C=O) groups excluding carboxylic acids is 1. The molecule has 0 saturated carbocycles. The van der Waals surface area contributed by atoms with Crippen molar-refractivity contribution in [2.75, 3.05) is 0 Å². The lowest BCUT2D eigenvalue weighted by atomic mass is 9.78. The van der Waals surface area contributed by atoms with Crippen LogP contribution in [0.3, 0.4) is 0 Å². The summed E-state index contributed by atoms with van der Waals surface area (Å²) in [7, 11) is -4.22. The van der Waals surface area contributed by atoms with Crippen LogP contribution in [0.15, 0.2) is 53.4 Å². The molecule has 182 valence electrons. The Bertz CT molecular complexity index is 1410. The van der Waals surface area contributed by atoms with Crippen molar-refractivity contribution in [2.45, 2.75) is 63.0 Å². The summed E-state index contributed by atoms with van der Waals surface area (Å²) in [4.78, 5) is 14.4. The highest BCUT2D eigenvalue weighted by molar-refractivity contribution is 7.91.